The van der Waals surface area contributed by atoms with Crippen LogP contribution in [-0.2, 0) is 4.79 Å². The Morgan fingerprint density at radius 3 is 2.84 bits per heavy atom. The number of hydrogen-bond donors (Lipinski definition) is 4. The molecule has 1 saturated carbocycles. The van der Waals surface area contributed by atoms with Crippen molar-refractivity contribution in [1.82, 2.24) is 10.2 Å². The van der Waals surface area contributed by atoms with Crippen LogP contribution in [0.15, 0.2) is 39.7 Å². The van der Waals surface area contributed by atoms with Gasteiger partial charge in [-0.15, -0.1) is 0 Å². The number of hydrogen-bond acceptors (Lipinski definition) is 4. The van der Waals surface area contributed by atoms with E-state index in [0.717, 1.165) is 34.7 Å². The third-order valence-corrected chi connectivity index (χ3v) is 4.63. The Bertz CT molecular complexity index is 1060. The van der Waals surface area contributed by atoms with E-state index in [1.807, 2.05) is 24.3 Å². The number of carboxylic acids is 1. The van der Waals surface area contributed by atoms with E-state index in [2.05, 4.69) is 15.2 Å². The van der Waals surface area contributed by atoms with Crippen LogP contribution in [0.2, 0.25) is 0 Å². The van der Waals surface area contributed by atoms with Gasteiger partial charge in [0, 0.05) is 23.3 Å². The van der Waals surface area contributed by atoms with Crippen LogP contribution < -0.4 is 21.9 Å². The van der Waals surface area contributed by atoms with Gasteiger partial charge in [-0.25, -0.2) is 4.99 Å². The molecule has 2 aromatic rings. The Hall–Kier alpha value is -2.93. The lowest BCUT2D eigenvalue weighted by molar-refractivity contribution is -0.138. The summed E-state index contributed by atoms with van der Waals surface area (Å²) in [6.45, 7) is 0. The van der Waals surface area contributed by atoms with Crippen LogP contribution in [0.25, 0.3) is 11.6 Å². The summed E-state index contributed by atoms with van der Waals surface area (Å²) in [4.78, 5) is 27.9. The molecular formula is C18H18N4O3. The molecule has 5 N–H and O–H groups in total. The molecule has 1 atom stereocenters. The summed E-state index contributed by atoms with van der Waals surface area (Å²) in [6, 6.07) is 6.49. The summed E-state index contributed by atoms with van der Waals surface area (Å²) in [6.07, 6.45) is 4.01. The number of aliphatic carboxylic acids is 1. The summed E-state index contributed by atoms with van der Waals surface area (Å²) in [7, 11) is 0. The number of rotatable bonds is 5. The second-order valence-corrected chi connectivity index (χ2v) is 6.47. The number of H-pyrrole nitrogens is 2. The van der Waals surface area contributed by atoms with Gasteiger partial charge in [-0.2, -0.15) is 0 Å². The van der Waals surface area contributed by atoms with E-state index in [4.69, 9.17) is 10.8 Å². The molecule has 0 saturated heterocycles. The summed E-state index contributed by atoms with van der Waals surface area (Å²) in [5.41, 5.74) is 8.37. The SMILES string of the molecule is NC(CC1=c2ccccc2=N/C1=C/c1c(C2CC2)[nH][nH]c1=O)C(=O)O. The number of para-hydroxylation sites is 1. The molecule has 1 aromatic carbocycles. The maximum Gasteiger partial charge on any atom is 0.320 e. The number of aromatic nitrogens is 2. The van der Waals surface area contributed by atoms with Gasteiger partial charge in [0.1, 0.15) is 6.04 Å². The fourth-order valence-corrected chi connectivity index (χ4v) is 3.16. The molecule has 0 amide bonds. The number of nitrogens with two attached hydrogens (primary N) is 1. The van der Waals surface area contributed by atoms with Gasteiger partial charge in [-0.05, 0) is 30.6 Å². The van der Waals surface area contributed by atoms with E-state index in [-0.39, 0.29) is 12.0 Å². The number of benzene rings is 1. The predicted molar refractivity (Wildman–Crippen MR) is 92.2 cm³/mol. The Morgan fingerprint density at radius 2 is 2.12 bits per heavy atom. The van der Waals surface area contributed by atoms with Crippen LogP contribution in [0.1, 0.15) is 36.4 Å². The topological polar surface area (TPSA) is 124 Å². The van der Waals surface area contributed by atoms with Crippen molar-refractivity contribution in [2.45, 2.75) is 31.2 Å². The lowest BCUT2D eigenvalue weighted by Gasteiger charge is -2.09. The molecule has 1 aliphatic carbocycles. The zero-order chi connectivity index (χ0) is 17.6. The monoisotopic (exact) mass is 338 g/mol. The molecule has 1 unspecified atom stereocenters. The molecule has 7 nitrogen and oxygen atoms in total. The molecule has 7 heteroatoms. The van der Waals surface area contributed by atoms with Crippen molar-refractivity contribution in [3.05, 3.63) is 62.1 Å². The third-order valence-electron chi connectivity index (χ3n) is 4.63. The van der Waals surface area contributed by atoms with E-state index in [1.54, 1.807) is 6.08 Å². The molecule has 0 radical (unpaired) electrons. The van der Waals surface area contributed by atoms with Crippen molar-refractivity contribution in [1.29, 1.82) is 0 Å². The number of allylic oxidation sites excluding steroid dienone is 1. The minimum Gasteiger partial charge on any atom is -0.480 e. The van der Waals surface area contributed by atoms with E-state index < -0.39 is 12.0 Å². The van der Waals surface area contributed by atoms with E-state index in [9.17, 15) is 9.59 Å². The fourth-order valence-electron chi connectivity index (χ4n) is 3.16. The minimum atomic E-state index is -1.06. The summed E-state index contributed by atoms with van der Waals surface area (Å²) in [5.74, 6) is -0.686. The fraction of sp³-hybridized carbons (Fsp3) is 0.278. The highest BCUT2D eigenvalue weighted by molar-refractivity contribution is 5.81. The van der Waals surface area contributed by atoms with Crippen molar-refractivity contribution in [2.75, 3.05) is 0 Å². The van der Waals surface area contributed by atoms with Crippen LogP contribution in [0.4, 0.5) is 0 Å². The molecule has 0 bridgehead atoms. The van der Waals surface area contributed by atoms with Crippen molar-refractivity contribution < 1.29 is 9.90 Å². The summed E-state index contributed by atoms with van der Waals surface area (Å²) < 4.78 is 0. The summed E-state index contributed by atoms with van der Waals surface area (Å²) >= 11 is 0. The van der Waals surface area contributed by atoms with Gasteiger partial charge in [0.15, 0.2) is 0 Å². The van der Waals surface area contributed by atoms with Crippen LogP contribution in [-0.4, -0.2) is 27.3 Å². The molecule has 1 aromatic heterocycles. The quantitative estimate of drug-likeness (QED) is 0.622. The highest BCUT2D eigenvalue weighted by Gasteiger charge is 2.29. The maximum atomic E-state index is 12.2. The third kappa shape index (κ3) is 2.83. The van der Waals surface area contributed by atoms with Gasteiger partial charge in [0.05, 0.1) is 16.6 Å². The lowest BCUT2D eigenvalue weighted by Crippen LogP contribution is -2.32. The highest BCUT2D eigenvalue weighted by atomic mass is 16.4. The van der Waals surface area contributed by atoms with Crippen molar-refractivity contribution >= 4 is 17.6 Å². The number of carbonyl (C=O) groups is 1. The molecule has 2 aliphatic rings. The first-order valence-electron chi connectivity index (χ1n) is 8.22. The lowest BCUT2D eigenvalue weighted by atomic mass is 10.0. The first kappa shape index (κ1) is 15.6. The average Bonchev–Trinajstić information content (AvgIpc) is 3.29. The molecule has 1 fully saturated rings. The Labute approximate surface area is 142 Å². The second kappa shape index (κ2) is 5.86. The van der Waals surface area contributed by atoms with Gasteiger partial charge in [0.25, 0.3) is 5.56 Å². The molecule has 25 heavy (non-hydrogen) atoms. The van der Waals surface area contributed by atoms with Gasteiger partial charge in [-0.1, -0.05) is 18.2 Å². The molecular weight excluding hydrogens is 320 g/mol. The first-order chi connectivity index (χ1) is 12.0. The van der Waals surface area contributed by atoms with E-state index in [1.165, 1.54) is 0 Å². The Kier molecular flexibility index (Phi) is 3.65. The normalized spacial score (nSPS) is 18.9. The van der Waals surface area contributed by atoms with E-state index >= 15 is 0 Å². The number of aromatic amines is 2. The van der Waals surface area contributed by atoms with Crippen LogP contribution in [0.3, 0.4) is 0 Å². The minimum absolute atomic E-state index is 0.156. The van der Waals surface area contributed by atoms with Crippen molar-refractivity contribution in [3.8, 4) is 0 Å². The van der Waals surface area contributed by atoms with Gasteiger partial charge < -0.3 is 15.9 Å². The van der Waals surface area contributed by atoms with Crippen LogP contribution >= 0.6 is 0 Å². The highest BCUT2D eigenvalue weighted by Crippen LogP contribution is 2.40. The summed E-state index contributed by atoms with van der Waals surface area (Å²) in [5, 5.41) is 16.4. The molecule has 4 rings (SSSR count). The standard InChI is InChI=1S/C18H18N4O3/c19-13(18(24)25)7-11-10-3-1-2-4-14(10)20-15(11)8-12-16(9-5-6-9)21-22-17(12)23/h1-4,8-9,13H,5-7,19H2,(H,24,25)(H2,21,22,23)/b15-8+. The van der Waals surface area contributed by atoms with Gasteiger partial charge in [-0.3, -0.25) is 14.7 Å². The first-order valence-corrected chi connectivity index (χ1v) is 8.22. The maximum absolute atomic E-state index is 12.2. The second-order valence-electron chi connectivity index (χ2n) is 6.47. The number of fused-ring (bicyclic) bond motifs is 1. The number of nitrogens with one attached hydrogen (secondary N) is 2. The smallest absolute Gasteiger partial charge is 0.320 e. The number of carboxylic acid groups (broad SMARTS) is 1. The zero-order valence-corrected chi connectivity index (χ0v) is 13.5. The van der Waals surface area contributed by atoms with Crippen LogP contribution in [0, 0.1) is 0 Å². The largest absolute Gasteiger partial charge is 0.480 e. The van der Waals surface area contributed by atoms with E-state index in [0.29, 0.717) is 17.2 Å². The molecule has 0 spiro atoms. The van der Waals surface area contributed by atoms with Crippen molar-refractivity contribution in [3.63, 3.8) is 0 Å². The van der Waals surface area contributed by atoms with Crippen LogP contribution in [0.5, 0.6) is 0 Å². The van der Waals surface area contributed by atoms with Crippen molar-refractivity contribution in [2.24, 2.45) is 10.7 Å². The Morgan fingerprint density at radius 1 is 1.36 bits per heavy atom. The zero-order valence-electron chi connectivity index (χ0n) is 13.5. The predicted octanol–water partition coefficient (Wildman–Crippen LogP) is 0.207. The molecule has 128 valence electrons. The average molecular weight is 338 g/mol. The molecule has 1 aliphatic heterocycles. The molecule has 2 heterocycles. The van der Waals surface area contributed by atoms with Gasteiger partial charge in [0.2, 0.25) is 0 Å². The number of nitrogens with zero attached hydrogens (tertiary/aromatic N) is 1. The van der Waals surface area contributed by atoms with Gasteiger partial charge >= 0.3 is 5.97 Å². The Balaban J connectivity index is 1.84.